The molecule has 0 spiro atoms. The Morgan fingerprint density at radius 2 is 1.54 bits per heavy atom. The number of carbonyl (C=O) groups excluding carboxylic acids is 3. The number of ether oxygens (including phenoxy) is 3. The zero-order valence-electron chi connectivity index (χ0n) is 14.4. The fourth-order valence-electron chi connectivity index (χ4n) is 2.00. The first-order valence-corrected chi connectivity index (χ1v) is 9.88. The van der Waals surface area contributed by atoms with Crippen molar-refractivity contribution in [2.75, 3.05) is 6.61 Å². The Hall–Kier alpha value is -2.63. The molecule has 0 N–H and O–H groups in total. The molecule has 0 aliphatic carbocycles. The molecular weight excluding hydrogens is 403 g/mol. The summed E-state index contributed by atoms with van der Waals surface area (Å²) in [6, 6.07) is 14.2. The van der Waals surface area contributed by atoms with Crippen molar-refractivity contribution in [3.63, 3.8) is 0 Å². The van der Waals surface area contributed by atoms with Crippen LogP contribution < -0.4 is 13.9 Å². The van der Waals surface area contributed by atoms with Gasteiger partial charge >= 0.3 is 157 Å². The van der Waals surface area contributed by atoms with Gasteiger partial charge in [-0.15, -0.1) is 0 Å². The fourth-order valence-corrected chi connectivity index (χ4v) is 3.58. The summed E-state index contributed by atoms with van der Waals surface area (Å²) in [5.74, 6) is -1.62. The molecule has 136 valence electrons. The first-order valence-electron chi connectivity index (χ1n) is 7.81. The van der Waals surface area contributed by atoms with E-state index < -0.39 is 17.9 Å². The molecule has 2 aromatic carbocycles. The molecule has 0 aliphatic heterocycles. The van der Waals surface area contributed by atoms with Gasteiger partial charge in [-0.3, -0.25) is 0 Å². The summed E-state index contributed by atoms with van der Waals surface area (Å²) in [4.78, 5) is 34.5. The van der Waals surface area contributed by atoms with Crippen LogP contribution in [-0.4, -0.2) is 39.5 Å². The van der Waals surface area contributed by atoms with E-state index in [9.17, 15) is 14.4 Å². The predicted molar refractivity (Wildman–Crippen MR) is 96.0 cm³/mol. The number of carbonyl (C=O) groups is 3. The van der Waals surface area contributed by atoms with Gasteiger partial charge in [-0.1, -0.05) is 0 Å². The Bertz CT molecular complexity index is 788. The van der Waals surface area contributed by atoms with Crippen molar-refractivity contribution in [3.05, 3.63) is 54.1 Å². The van der Waals surface area contributed by atoms with Crippen LogP contribution in [0.5, 0.6) is 11.5 Å². The molecule has 0 bridgehead atoms. The zero-order chi connectivity index (χ0) is 18.9. The number of benzene rings is 2. The molecule has 7 heteroatoms. The minimum absolute atomic E-state index is 0.00402. The minimum atomic E-state index is -0.588. The van der Waals surface area contributed by atoms with Gasteiger partial charge in [-0.25, -0.2) is 0 Å². The van der Waals surface area contributed by atoms with Crippen LogP contribution >= 0.6 is 0 Å². The fraction of sp³-hybridized carbons (Fsp3) is 0.211. The summed E-state index contributed by atoms with van der Waals surface area (Å²) in [6.45, 7) is 2.74. The average Bonchev–Trinajstić information content (AvgIpc) is 2.60. The molecular formula is C19H18O6Se. The Kier molecular flexibility index (Phi) is 7.38. The first kappa shape index (κ1) is 19.7. The van der Waals surface area contributed by atoms with Crippen molar-refractivity contribution < 1.29 is 28.6 Å². The topological polar surface area (TPSA) is 78.9 Å². The van der Waals surface area contributed by atoms with E-state index in [-0.39, 0.29) is 32.0 Å². The molecule has 0 atom stereocenters. The van der Waals surface area contributed by atoms with Crippen LogP contribution in [0.1, 0.15) is 24.2 Å². The van der Waals surface area contributed by atoms with Gasteiger partial charge in [0, 0.05) is 0 Å². The molecule has 0 saturated heterocycles. The van der Waals surface area contributed by atoms with Gasteiger partial charge in [0.15, 0.2) is 0 Å². The Morgan fingerprint density at radius 3 is 2.19 bits per heavy atom. The van der Waals surface area contributed by atoms with Crippen LogP contribution in [0.25, 0.3) is 0 Å². The monoisotopic (exact) mass is 422 g/mol. The standard InChI is InChI=1S/C19H18O6Se/c1-13(20)24-17-9-8-15(12-18(17)25-14(2)21)19(22)23-10-11-26-16-6-4-3-5-7-16/h3-9,12H,10-11H2,1-2H3. The average molecular weight is 421 g/mol. The maximum atomic E-state index is 12.2. The predicted octanol–water partition coefficient (Wildman–Crippen LogP) is 2.14. The second kappa shape index (κ2) is 9.75. The molecule has 0 aliphatic rings. The summed E-state index contributed by atoms with van der Waals surface area (Å²) in [7, 11) is 0. The molecule has 0 amide bonds. The summed E-state index contributed by atoms with van der Waals surface area (Å²) in [5.41, 5.74) is 0.212. The molecule has 0 unspecified atom stereocenters. The van der Waals surface area contributed by atoms with Crippen LogP contribution in [0.3, 0.4) is 0 Å². The van der Waals surface area contributed by atoms with E-state index in [1.165, 1.54) is 36.5 Å². The summed E-state index contributed by atoms with van der Waals surface area (Å²) in [5, 5.41) is 0.755. The zero-order valence-corrected chi connectivity index (χ0v) is 16.1. The number of hydrogen-bond donors (Lipinski definition) is 0. The molecule has 0 fully saturated rings. The molecule has 0 radical (unpaired) electrons. The molecule has 26 heavy (non-hydrogen) atoms. The Morgan fingerprint density at radius 1 is 0.885 bits per heavy atom. The van der Waals surface area contributed by atoms with Crippen molar-refractivity contribution >= 4 is 37.3 Å². The van der Waals surface area contributed by atoms with Crippen molar-refractivity contribution in [1.29, 1.82) is 0 Å². The summed E-state index contributed by atoms with van der Waals surface area (Å²) in [6.07, 6.45) is 0. The third kappa shape index (κ3) is 6.35. The third-order valence-corrected chi connectivity index (χ3v) is 5.06. The van der Waals surface area contributed by atoms with Gasteiger partial charge in [0.25, 0.3) is 0 Å². The van der Waals surface area contributed by atoms with Gasteiger partial charge in [-0.05, 0) is 0 Å². The van der Waals surface area contributed by atoms with Crippen LogP contribution in [0, 0.1) is 0 Å². The molecule has 2 aromatic rings. The van der Waals surface area contributed by atoms with Gasteiger partial charge in [0.1, 0.15) is 0 Å². The molecule has 0 heterocycles. The number of esters is 3. The van der Waals surface area contributed by atoms with E-state index in [0.717, 1.165) is 5.32 Å². The van der Waals surface area contributed by atoms with E-state index in [1.807, 2.05) is 30.3 Å². The van der Waals surface area contributed by atoms with Crippen LogP contribution in [0.4, 0.5) is 0 Å². The van der Waals surface area contributed by atoms with E-state index in [1.54, 1.807) is 0 Å². The Labute approximate surface area is 157 Å². The van der Waals surface area contributed by atoms with Crippen molar-refractivity contribution in [2.45, 2.75) is 19.2 Å². The second-order valence-corrected chi connectivity index (χ2v) is 7.60. The van der Waals surface area contributed by atoms with Gasteiger partial charge in [-0.2, -0.15) is 0 Å². The van der Waals surface area contributed by atoms with E-state index in [4.69, 9.17) is 14.2 Å². The van der Waals surface area contributed by atoms with Gasteiger partial charge in [0.05, 0.1) is 0 Å². The van der Waals surface area contributed by atoms with Crippen molar-refractivity contribution in [2.24, 2.45) is 0 Å². The number of hydrogen-bond acceptors (Lipinski definition) is 6. The van der Waals surface area contributed by atoms with Crippen molar-refractivity contribution in [3.8, 4) is 11.5 Å². The summed E-state index contributed by atoms with van der Waals surface area (Å²) >= 11 is 0.226. The molecule has 0 aromatic heterocycles. The van der Waals surface area contributed by atoms with Gasteiger partial charge in [0.2, 0.25) is 0 Å². The van der Waals surface area contributed by atoms with Crippen LogP contribution in [0.15, 0.2) is 48.5 Å². The van der Waals surface area contributed by atoms with E-state index in [2.05, 4.69) is 0 Å². The summed E-state index contributed by atoms with van der Waals surface area (Å²) < 4.78 is 16.5. The third-order valence-electron chi connectivity index (χ3n) is 3.02. The molecule has 0 saturated carbocycles. The van der Waals surface area contributed by atoms with Crippen LogP contribution in [0.2, 0.25) is 5.32 Å². The molecule has 6 nitrogen and oxygen atoms in total. The van der Waals surface area contributed by atoms with E-state index in [0.29, 0.717) is 6.61 Å². The second-order valence-electron chi connectivity index (χ2n) is 5.15. The Balaban J connectivity index is 1.96. The van der Waals surface area contributed by atoms with Crippen LogP contribution in [-0.2, 0) is 14.3 Å². The quantitative estimate of drug-likeness (QED) is 0.295. The first-order chi connectivity index (χ1) is 12.5. The molecule has 2 rings (SSSR count). The normalized spacial score (nSPS) is 10.1. The van der Waals surface area contributed by atoms with Gasteiger partial charge < -0.3 is 0 Å². The maximum absolute atomic E-state index is 12.2. The van der Waals surface area contributed by atoms with Crippen molar-refractivity contribution in [1.82, 2.24) is 0 Å². The van der Waals surface area contributed by atoms with E-state index >= 15 is 0 Å². The number of rotatable bonds is 7. The SMILES string of the molecule is CC(=O)Oc1ccc(C(=O)OCC[Se]c2ccccc2)cc1OC(C)=O.